The summed E-state index contributed by atoms with van der Waals surface area (Å²) in [6.45, 7) is 15.0. The van der Waals surface area contributed by atoms with Crippen LogP contribution in [0.3, 0.4) is 0 Å². The molecule has 2 aromatic heterocycles. The number of ether oxygens (including phenoxy) is 2. The van der Waals surface area contributed by atoms with Gasteiger partial charge in [0, 0.05) is 50.1 Å². The molecule has 1 aromatic carbocycles. The lowest BCUT2D eigenvalue weighted by Gasteiger charge is -2.34. The minimum atomic E-state index is -0.588. The van der Waals surface area contributed by atoms with Crippen molar-refractivity contribution < 1.29 is 19.1 Å². The molecule has 2 aliphatic heterocycles. The standard InChI is InChI=1S/C30H35N5O4/c1-30(2,3)39-29(37)35-9-6-7-26(35)24-12-20(11-19-8-10-34(17-25(19)24)27(36)18-38-5)21-13-23-22(14-31-4)16-33-28(23)32-15-21/h11-13,15-16,26H,6-10,14,17-18H2,1-3,5H3,(H,32,33)/t26-/m0/s1. The summed E-state index contributed by atoms with van der Waals surface area (Å²) < 4.78 is 10.9. The van der Waals surface area contributed by atoms with Gasteiger partial charge in [-0.3, -0.25) is 4.79 Å². The van der Waals surface area contributed by atoms with Crippen LogP contribution < -0.4 is 0 Å². The molecule has 0 unspecified atom stereocenters. The molecule has 1 atom stereocenters. The Balaban J connectivity index is 1.59. The van der Waals surface area contributed by atoms with Crippen molar-refractivity contribution in [2.24, 2.45) is 0 Å². The Morgan fingerprint density at radius 3 is 2.77 bits per heavy atom. The predicted molar refractivity (Wildman–Crippen MR) is 148 cm³/mol. The summed E-state index contributed by atoms with van der Waals surface area (Å²) in [7, 11) is 1.53. The van der Waals surface area contributed by atoms with Gasteiger partial charge in [-0.25, -0.2) is 16.4 Å². The lowest BCUT2D eigenvalue weighted by molar-refractivity contribution is -0.136. The van der Waals surface area contributed by atoms with Crippen molar-refractivity contribution >= 4 is 23.0 Å². The number of aromatic amines is 1. The number of rotatable bonds is 5. The molecule has 3 aromatic rings. The van der Waals surface area contributed by atoms with Crippen molar-refractivity contribution in [3.05, 3.63) is 64.3 Å². The third-order valence-electron chi connectivity index (χ3n) is 7.44. The molecule has 1 N–H and O–H groups in total. The Morgan fingerprint density at radius 2 is 2.03 bits per heavy atom. The fourth-order valence-corrected chi connectivity index (χ4v) is 5.65. The number of amides is 2. The van der Waals surface area contributed by atoms with E-state index < -0.39 is 5.60 Å². The van der Waals surface area contributed by atoms with Crippen LogP contribution in [0, 0.1) is 6.57 Å². The molecular weight excluding hydrogens is 494 g/mol. The molecule has 1 saturated heterocycles. The smallest absolute Gasteiger partial charge is 0.410 e. The number of carbonyl (C=O) groups is 2. The van der Waals surface area contributed by atoms with Gasteiger partial charge in [-0.1, -0.05) is 6.07 Å². The number of fused-ring (bicyclic) bond motifs is 2. The number of carbonyl (C=O) groups excluding carboxylic acids is 2. The first-order chi connectivity index (χ1) is 18.7. The first kappa shape index (κ1) is 26.7. The van der Waals surface area contributed by atoms with Crippen molar-refractivity contribution in [1.29, 1.82) is 0 Å². The zero-order chi connectivity index (χ0) is 27.7. The van der Waals surface area contributed by atoms with Gasteiger partial charge in [0.1, 0.15) is 17.9 Å². The zero-order valence-corrected chi connectivity index (χ0v) is 23.0. The average Bonchev–Trinajstić information content (AvgIpc) is 3.54. The molecule has 0 bridgehead atoms. The molecule has 1 fully saturated rings. The van der Waals surface area contributed by atoms with E-state index in [1.807, 2.05) is 43.0 Å². The second-order valence-corrected chi connectivity index (χ2v) is 11.3. The molecule has 9 heteroatoms. The molecule has 0 spiro atoms. The number of nitrogens with zero attached hydrogens (tertiary/aromatic N) is 4. The van der Waals surface area contributed by atoms with Gasteiger partial charge in [0.05, 0.1) is 11.6 Å². The van der Waals surface area contributed by atoms with Gasteiger partial charge in [-0.2, -0.15) is 0 Å². The lowest BCUT2D eigenvalue weighted by Crippen LogP contribution is -2.40. The van der Waals surface area contributed by atoms with Crippen LogP contribution >= 0.6 is 0 Å². The molecule has 2 amide bonds. The number of pyridine rings is 1. The van der Waals surface area contributed by atoms with Gasteiger partial charge in [-0.05, 0) is 74.4 Å². The molecule has 5 rings (SSSR count). The Morgan fingerprint density at radius 1 is 1.21 bits per heavy atom. The van der Waals surface area contributed by atoms with Gasteiger partial charge < -0.3 is 29.1 Å². The highest BCUT2D eigenvalue weighted by Crippen LogP contribution is 2.40. The maximum absolute atomic E-state index is 13.2. The summed E-state index contributed by atoms with van der Waals surface area (Å²) in [5.41, 5.74) is 6.39. The van der Waals surface area contributed by atoms with Gasteiger partial charge in [0.15, 0.2) is 0 Å². The fraction of sp³-hybridized carbons (Fsp3) is 0.467. The minimum Gasteiger partial charge on any atom is -0.444 e. The van der Waals surface area contributed by atoms with E-state index >= 15 is 0 Å². The average molecular weight is 530 g/mol. The fourth-order valence-electron chi connectivity index (χ4n) is 5.65. The van der Waals surface area contributed by atoms with E-state index in [9.17, 15) is 9.59 Å². The van der Waals surface area contributed by atoms with E-state index in [-0.39, 0.29) is 24.6 Å². The number of methoxy groups -OCH3 is 1. The van der Waals surface area contributed by atoms with Crippen LogP contribution in [0.25, 0.3) is 27.0 Å². The first-order valence-corrected chi connectivity index (χ1v) is 13.4. The number of hydrogen-bond donors (Lipinski definition) is 1. The predicted octanol–water partition coefficient (Wildman–Crippen LogP) is 5.25. The van der Waals surface area contributed by atoms with Crippen LogP contribution in [0.1, 0.15) is 61.9 Å². The highest BCUT2D eigenvalue weighted by molar-refractivity contribution is 5.85. The first-order valence-electron chi connectivity index (χ1n) is 13.4. The van der Waals surface area contributed by atoms with Crippen LogP contribution in [-0.2, 0) is 33.8 Å². The van der Waals surface area contributed by atoms with Gasteiger partial charge in [0.25, 0.3) is 0 Å². The summed E-state index contributed by atoms with van der Waals surface area (Å²) in [5.74, 6) is -0.0388. The van der Waals surface area contributed by atoms with Crippen LogP contribution in [0.5, 0.6) is 0 Å². The summed E-state index contributed by atoms with van der Waals surface area (Å²) in [5, 5.41) is 0.940. The highest BCUT2D eigenvalue weighted by atomic mass is 16.6. The molecule has 0 saturated carbocycles. The topological polar surface area (TPSA) is 92.1 Å². The number of nitrogens with one attached hydrogen (secondary N) is 1. The number of likely N-dealkylation sites (tertiary alicyclic amines) is 1. The zero-order valence-electron chi connectivity index (χ0n) is 23.0. The van der Waals surface area contributed by atoms with Crippen molar-refractivity contribution in [2.75, 3.05) is 26.8 Å². The minimum absolute atomic E-state index is 0.0388. The number of hydrogen-bond acceptors (Lipinski definition) is 5. The van der Waals surface area contributed by atoms with Crippen molar-refractivity contribution in [2.45, 2.75) is 64.8 Å². The summed E-state index contributed by atoms with van der Waals surface area (Å²) >= 11 is 0. The summed E-state index contributed by atoms with van der Waals surface area (Å²) in [6.07, 6.45) is 5.81. The van der Waals surface area contributed by atoms with E-state index in [1.165, 1.54) is 12.7 Å². The van der Waals surface area contributed by atoms with E-state index in [0.717, 1.165) is 51.7 Å². The maximum Gasteiger partial charge on any atom is 0.410 e. The Labute approximate surface area is 228 Å². The van der Waals surface area contributed by atoms with Crippen molar-refractivity contribution in [1.82, 2.24) is 19.8 Å². The summed E-state index contributed by atoms with van der Waals surface area (Å²) in [6, 6.07) is 6.28. The normalized spacial score (nSPS) is 17.3. The van der Waals surface area contributed by atoms with Gasteiger partial charge in [0.2, 0.25) is 12.5 Å². The largest absolute Gasteiger partial charge is 0.444 e. The van der Waals surface area contributed by atoms with Crippen LogP contribution in [-0.4, -0.2) is 64.2 Å². The maximum atomic E-state index is 13.2. The SMILES string of the molecule is [C-]#[N+]Cc1c[nH]c2ncc(-c3cc4c(c([C@@H]5CCCN5C(=O)OC(C)(C)C)c3)CN(C(=O)COC)CC4)cc12. The van der Waals surface area contributed by atoms with Crippen molar-refractivity contribution in [3.63, 3.8) is 0 Å². The number of H-pyrrole nitrogens is 1. The number of aromatic nitrogens is 2. The molecule has 204 valence electrons. The summed E-state index contributed by atoms with van der Waals surface area (Å²) in [4.78, 5) is 41.0. The third-order valence-corrected chi connectivity index (χ3v) is 7.44. The Kier molecular flexibility index (Phi) is 7.32. The van der Waals surface area contributed by atoms with Gasteiger partial charge in [-0.15, -0.1) is 0 Å². The third kappa shape index (κ3) is 5.48. The quantitative estimate of drug-likeness (QED) is 0.456. The van der Waals surface area contributed by atoms with E-state index in [0.29, 0.717) is 32.6 Å². The van der Waals surface area contributed by atoms with Crippen LogP contribution in [0.2, 0.25) is 0 Å². The molecule has 9 nitrogen and oxygen atoms in total. The van der Waals surface area contributed by atoms with Crippen LogP contribution in [0.4, 0.5) is 4.79 Å². The lowest BCUT2D eigenvalue weighted by atomic mass is 9.86. The monoisotopic (exact) mass is 529 g/mol. The van der Waals surface area contributed by atoms with Gasteiger partial charge >= 0.3 is 6.09 Å². The molecule has 39 heavy (non-hydrogen) atoms. The second kappa shape index (κ2) is 10.7. The molecule has 2 aliphatic rings. The Hall–Kier alpha value is -3.90. The molecule has 4 heterocycles. The second-order valence-electron chi connectivity index (χ2n) is 11.3. The number of benzene rings is 1. The van der Waals surface area contributed by atoms with E-state index in [4.69, 9.17) is 16.0 Å². The molecule has 0 radical (unpaired) electrons. The highest BCUT2D eigenvalue weighted by Gasteiger charge is 2.36. The molecule has 0 aliphatic carbocycles. The Bertz CT molecular complexity index is 1450. The van der Waals surface area contributed by atoms with E-state index in [1.54, 1.807) is 0 Å². The van der Waals surface area contributed by atoms with Crippen molar-refractivity contribution in [3.8, 4) is 11.1 Å². The van der Waals surface area contributed by atoms with E-state index in [2.05, 4.69) is 33.0 Å². The molecular formula is C30H35N5O4. The van der Waals surface area contributed by atoms with Crippen LogP contribution in [0.15, 0.2) is 30.6 Å².